The molecule has 1 fully saturated rings. The second-order valence-corrected chi connectivity index (χ2v) is 5.53. The van der Waals surface area contributed by atoms with Crippen molar-refractivity contribution in [3.63, 3.8) is 0 Å². The highest BCUT2D eigenvalue weighted by Gasteiger charge is 2.22. The Kier molecular flexibility index (Phi) is 4.74. The van der Waals surface area contributed by atoms with Crippen LogP contribution in [0.3, 0.4) is 0 Å². The molecule has 18 heavy (non-hydrogen) atoms. The quantitative estimate of drug-likeness (QED) is 0.905. The van der Waals surface area contributed by atoms with Gasteiger partial charge >= 0.3 is 0 Å². The Morgan fingerprint density at radius 1 is 1.67 bits per heavy atom. The van der Waals surface area contributed by atoms with Crippen LogP contribution in [0.25, 0.3) is 0 Å². The standard InChI is InChI=1S/C13H19NO3S/c1-2-3-12-6-10(9-18-12)13(16)14-4-5-17-8-11(15)7-14/h6,9,11,15H,2-5,7-8H2,1H3. The van der Waals surface area contributed by atoms with Crippen molar-refractivity contribution in [1.29, 1.82) is 0 Å². The molecule has 5 heteroatoms. The maximum atomic E-state index is 12.3. The first-order valence-electron chi connectivity index (χ1n) is 6.33. The molecule has 1 amide bonds. The molecule has 1 aliphatic rings. The predicted octanol–water partition coefficient (Wildman–Crippen LogP) is 1.53. The third-order valence-corrected chi connectivity index (χ3v) is 3.93. The number of carbonyl (C=O) groups excluding carboxylic acids is 1. The van der Waals surface area contributed by atoms with Crippen molar-refractivity contribution in [2.45, 2.75) is 25.9 Å². The summed E-state index contributed by atoms with van der Waals surface area (Å²) in [5.41, 5.74) is 0.734. The number of thiophene rings is 1. The maximum absolute atomic E-state index is 12.3. The Balaban J connectivity index is 2.04. The normalized spacial score (nSPS) is 20.8. The summed E-state index contributed by atoms with van der Waals surface area (Å²) in [7, 11) is 0. The van der Waals surface area contributed by atoms with Crippen LogP contribution in [0.4, 0.5) is 0 Å². The fraction of sp³-hybridized carbons (Fsp3) is 0.615. The Hall–Kier alpha value is -0.910. The molecule has 1 aromatic heterocycles. The summed E-state index contributed by atoms with van der Waals surface area (Å²) in [6.07, 6.45) is 1.53. The molecule has 100 valence electrons. The largest absolute Gasteiger partial charge is 0.389 e. The van der Waals surface area contributed by atoms with Gasteiger partial charge in [-0.05, 0) is 12.5 Å². The van der Waals surface area contributed by atoms with Crippen LogP contribution >= 0.6 is 11.3 Å². The van der Waals surface area contributed by atoms with Crippen LogP contribution < -0.4 is 0 Å². The van der Waals surface area contributed by atoms with E-state index in [4.69, 9.17) is 4.74 Å². The minimum absolute atomic E-state index is 0.00171. The van der Waals surface area contributed by atoms with Crippen molar-refractivity contribution in [2.75, 3.05) is 26.3 Å². The Bertz CT molecular complexity index is 405. The Labute approximate surface area is 111 Å². The summed E-state index contributed by atoms with van der Waals surface area (Å²) in [6.45, 7) is 3.85. The summed E-state index contributed by atoms with van der Waals surface area (Å²) in [5.74, 6) is -0.00171. The molecule has 0 spiro atoms. The van der Waals surface area contributed by atoms with E-state index in [9.17, 15) is 9.90 Å². The molecule has 1 aromatic rings. The van der Waals surface area contributed by atoms with Crippen molar-refractivity contribution < 1.29 is 14.6 Å². The lowest BCUT2D eigenvalue weighted by Crippen LogP contribution is -2.37. The highest BCUT2D eigenvalue weighted by atomic mass is 32.1. The van der Waals surface area contributed by atoms with Gasteiger partial charge in [-0.15, -0.1) is 11.3 Å². The number of β-amino-alcohol motifs (C(OH)–C–C–N with tert-alkyl or cyclic N) is 1. The smallest absolute Gasteiger partial charge is 0.254 e. The molecule has 2 heterocycles. The van der Waals surface area contributed by atoms with Crippen molar-refractivity contribution >= 4 is 17.2 Å². The summed E-state index contributed by atoms with van der Waals surface area (Å²) >= 11 is 1.63. The van der Waals surface area contributed by atoms with E-state index in [0.717, 1.165) is 18.4 Å². The number of amides is 1. The summed E-state index contributed by atoms with van der Waals surface area (Å²) in [6, 6.07) is 1.97. The number of carbonyl (C=O) groups is 1. The fourth-order valence-corrected chi connectivity index (χ4v) is 2.99. The third-order valence-electron chi connectivity index (χ3n) is 2.93. The van der Waals surface area contributed by atoms with E-state index in [1.165, 1.54) is 4.88 Å². The summed E-state index contributed by atoms with van der Waals surface area (Å²) in [5, 5.41) is 11.5. The first-order chi connectivity index (χ1) is 8.70. The van der Waals surface area contributed by atoms with Crippen molar-refractivity contribution in [1.82, 2.24) is 4.90 Å². The van der Waals surface area contributed by atoms with Gasteiger partial charge in [0.1, 0.15) is 0 Å². The fourth-order valence-electron chi connectivity index (χ4n) is 2.03. The molecule has 0 bridgehead atoms. The number of hydrogen-bond acceptors (Lipinski definition) is 4. The average molecular weight is 269 g/mol. The van der Waals surface area contributed by atoms with Crippen LogP contribution in [0, 0.1) is 0 Å². The second kappa shape index (κ2) is 6.31. The second-order valence-electron chi connectivity index (χ2n) is 4.53. The zero-order valence-electron chi connectivity index (χ0n) is 10.6. The number of rotatable bonds is 3. The zero-order chi connectivity index (χ0) is 13.0. The Morgan fingerprint density at radius 2 is 2.50 bits per heavy atom. The number of aryl methyl sites for hydroxylation is 1. The number of aliphatic hydroxyl groups excluding tert-OH is 1. The van der Waals surface area contributed by atoms with Gasteiger partial charge in [0, 0.05) is 23.3 Å². The van der Waals surface area contributed by atoms with E-state index in [1.807, 2.05) is 11.4 Å². The van der Waals surface area contributed by atoms with Crippen LogP contribution in [0.1, 0.15) is 28.6 Å². The molecule has 4 nitrogen and oxygen atoms in total. The molecule has 1 N–H and O–H groups in total. The van der Waals surface area contributed by atoms with Crippen molar-refractivity contribution in [3.05, 3.63) is 21.9 Å². The Morgan fingerprint density at radius 3 is 3.28 bits per heavy atom. The van der Waals surface area contributed by atoms with Gasteiger partial charge in [0.2, 0.25) is 0 Å². The number of hydrogen-bond donors (Lipinski definition) is 1. The number of nitrogens with zero attached hydrogens (tertiary/aromatic N) is 1. The molecule has 0 radical (unpaired) electrons. The van der Waals surface area contributed by atoms with Gasteiger partial charge in [-0.3, -0.25) is 4.79 Å². The highest BCUT2D eigenvalue weighted by Crippen LogP contribution is 2.18. The SMILES string of the molecule is CCCc1cc(C(=O)N2CCOCC(O)C2)cs1. The van der Waals surface area contributed by atoms with Gasteiger partial charge in [0.15, 0.2) is 0 Å². The van der Waals surface area contributed by atoms with Gasteiger partial charge in [0.25, 0.3) is 5.91 Å². The van der Waals surface area contributed by atoms with Gasteiger partial charge in [-0.1, -0.05) is 13.3 Å². The molecule has 2 rings (SSSR count). The third kappa shape index (κ3) is 3.31. The lowest BCUT2D eigenvalue weighted by molar-refractivity contribution is 0.0534. The maximum Gasteiger partial charge on any atom is 0.254 e. The first kappa shape index (κ1) is 13.5. The van der Waals surface area contributed by atoms with Crippen LogP contribution in [0.15, 0.2) is 11.4 Å². The lowest BCUT2D eigenvalue weighted by atomic mass is 10.2. The molecule has 1 atom stereocenters. The van der Waals surface area contributed by atoms with Gasteiger partial charge in [-0.2, -0.15) is 0 Å². The van der Waals surface area contributed by atoms with E-state index < -0.39 is 6.10 Å². The molecular weight excluding hydrogens is 250 g/mol. The number of ether oxygens (including phenoxy) is 1. The minimum atomic E-state index is -0.579. The van der Waals surface area contributed by atoms with Crippen LogP contribution in [0.2, 0.25) is 0 Å². The lowest BCUT2D eigenvalue weighted by Gasteiger charge is -2.20. The van der Waals surface area contributed by atoms with Crippen molar-refractivity contribution in [2.24, 2.45) is 0 Å². The highest BCUT2D eigenvalue weighted by molar-refractivity contribution is 7.10. The van der Waals surface area contributed by atoms with Crippen molar-refractivity contribution in [3.8, 4) is 0 Å². The molecule has 0 aromatic carbocycles. The van der Waals surface area contributed by atoms with Crippen LogP contribution in [0.5, 0.6) is 0 Å². The van der Waals surface area contributed by atoms with Gasteiger partial charge < -0.3 is 14.7 Å². The number of aliphatic hydroxyl groups is 1. The average Bonchev–Trinajstić information content (AvgIpc) is 2.70. The monoisotopic (exact) mass is 269 g/mol. The topological polar surface area (TPSA) is 49.8 Å². The first-order valence-corrected chi connectivity index (χ1v) is 7.21. The van der Waals surface area contributed by atoms with Gasteiger partial charge in [0.05, 0.1) is 24.9 Å². The van der Waals surface area contributed by atoms with E-state index in [-0.39, 0.29) is 5.91 Å². The van der Waals surface area contributed by atoms with Crippen LogP contribution in [-0.4, -0.2) is 48.3 Å². The summed E-state index contributed by atoms with van der Waals surface area (Å²) < 4.78 is 5.23. The predicted molar refractivity (Wildman–Crippen MR) is 71.0 cm³/mol. The van der Waals surface area contributed by atoms with Gasteiger partial charge in [-0.25, -0.2) is 0 Å². The van der Waals surface area contributed by atoms with E-state index >= 15 is 0 Å². The molecule has 0 aliphatic carbocycles. The molecule has 1 saturated heterocycles. The van der Waals surface area contributed by atoms with Crippen LogP contribution in [-0.2, 0) is 11.2 Å². The zero-order valence-corrected chi connectivity index (χ0v) is 11.4. The van der Waals surface area contributed by atoms with E-state index in [2.05, 4.69) is 6.92 Å². The summed E-state index contributed by atoms with van der Waals surface area (Å²) in [4.78, 5) is 15.2. The van der Waals surface area contributed by atoms with E-state index in [1.54, 1.807) is 16.2 Å². The molecule has 0 saturated carbocycles. The molecular formula is C13H19NO3S. The van der Waals surface area contributed by atoms with E-state index in [0.29, 0.717) is 26.3 Å². The molecule has 1 aliphatic heterocycles. The molecule has 1 unspecified atom stereocenters. The minimum Gasteiger partial charge on any atom is -0.389 e.